The predicted molar refractivity (Wildman–Crippen MR) is 118 cm³/mol. The van der Waals surface area contributed by atoms with E-state index in [4.69, 9.17) is 37.8 Å². The largest absolute Gasteiger partial charge is 0.481 e. The van der Waals surface area contributed by atoms with Crippen LogP contribution in [-0.2, 0) is 9.53 Å². The molecule has 160 valence electrons. The lowest BCUT2D eigenvalue weighted by atomic mass is 9.89. The highest BCUT2D eigenvalue weighted by molar-refractivity contribution is 6.30. The van der Waals surface area contributed by atoms with Gasteiger partial charge in [-0.25, -0.2) is 0 Å². The van der Waals surface area contributed by atoms with Crippen LogP contribution in [0.1, 0.15) is 31.2 Å². The zero-order chi connectivity index (χ0) is 21.1. The first-order valence-corrected chi connectivity index (χ1v) is 11.1. The van der Waals surface area contributed by atoms with Crippen LogP contribution >= 0.6 is 23.2 Å². The average molecular weight is 450 g/mol. The zero-order valence-corrected chi connectivity index (χ0v) is 18.2. The molecule has 1 aromatic rings. The van der Waals surface area contributed by atoms with E-state index in [0.29, 0.717) is 11.4 Å². The second kappa shape index (κ2) is 9.46. The van der Waals surface area contributed by atoms with Gasteiger partial charge in [0.2, 0.25) is 6.79 Å². The fraction of sp³-hybridized carbons (Fsp3) is 0.435. The predicted octanol–water partition coefficient (Wildman–Crippen LogP) is 5.10. The summed E-state index contributed by atoms with van der Waals surface area (Å²) in [7, 11) is 0. The second-order valence-electron chi connectivity index (χ2n) is 7.93. The number of aliphatic carboxylic acids is 1. The molecule has 0 bridgehead atoms. The molecule has 1 aliphatic carbocycles. The van der Waals surface area contributed by atoms with Crippen LogP contribution < -0.4 is 4.74 Å². The molecule has 2 aliphatic heterocycles. The number of allylic oxidation sites excluding steroid dienone is 4. The fourth-order valence-electron chi connectivity index (χ4n) is 4.35. The molecule has 1 N–H and O–H groups in total. The molecule has 1 saturated heterocycles. The Labute approximate surface area is 186 Å². The van der Waals surface area contributed by atoms with Crippen molar-refractivity contribution in [3.05, 3.63) is 58.3 Å². The van der Waals surface area contributed by atoms with Crippen molar-refractivity contribution in [1.82, 2.24) is 4.90 Å². The topological polar surface area (TPSA) is 59.0 Å². The molecule has 0 spiro atoms. The van der Waals surface area contributed by atoms with Crippen molar-refractivity contribution >= 4 is 34.7 Å². The van der Waals surface area contributed by atoms with Gasteiger partial charge in [0, 0.05) is 35.7 Å². The lowest BCUT2D eigenvalue weighted by Crippen LogP contribution is -2.22. The molecule has 4 rings (SSSR count). The van der Waals surface area contributed by atoms with Crippen LogP contribution in [0.25, 0.3) is 5.57 Å². The van der Waals surface area contributed by atoms with Gasteiger partial charge in [0.05, 0.1) is 5.38 Å². The summed E-state index contributed by atoms with van der Waals surface area (Å²) in [5, 5.41) is 9.58. The molecule has 0 amide bonds. The van der Waals surface area contributed by atoms with Crippen molar-refractivity contribution in [3.63, 3.8) is 0 Å². The first-order chi connectivity index (χ1) is 14.5. The van der Waals surface area contributed by atoms with Gasteiger partial charge in [0.15, 0.2) is 0 Å². The Bertz CT molecular complexity index is 908. The maximum atomic E-state index is 11.0. The Hall–Kier alpha value is -1.95. The molecular weight excluding hydrogens is 425 g/mol. The van der Waals surface area contributed by atoms with E-state index < -0.39 is 5.97 Å². The SMILES string of the molecule is O=C(O)CC1CCN(CCC=C2C3=C(C=CC(Cl)C3)OCOc3ccc(Cl)cc32)C1. The van der Waals surface area contributed by atoms with Crippen molar-refractivity contribution in [2.75, 3.05) is 26.4 Å². The third-order valence-corrected chi connectivity index (χ3v) is 6.30. The number of rotatable bonds is 5. The zero-order valence-electron chi connectivity index (χ0n) is 16.7. The van der Waals surface area contributed by atoms with Crippen molar-refractivity contribution in [3.8, 4) is 5.75 Å². The molecule has 0 radical (unpaired) electrons. The number of alkyl halides is 1. The second-order valence-corrected chi connectivity index (χ2v) is 8.93. The van der Waals surface area contributed by atoms with Crippen LogP contribution in [-0.4, -0.2) is 47.8 Å². The summed E-state index contributed by atoms with van der Waals surface area (Å²) < 4.78 is 11.7. The van der Waals surface area contributed by atoms with Gasteiger partial charge in [-0.2, -0.15) is 0 Å². The van der Waals surface area contributed by atoms with Crippen LogP contribution in [0.3, 0.4) is 0 Å². The number of hydrogen-bond acceptors (Lipinski definition) is 4. The number of hydrogen-bond donors (Lipinski definition) is 1. The number of carbonyl (C=O) groups is 1. The fourth-order valence-corrected chi connectivity index (χ4v) is 4.74. The summed E-state index contributed by atoms with van der Waals surface area (Å²) in [6.45, 7) is 2.79. The number of carboxylic acids is 1. The molecule has 0 saturated carbocycles. The number of fused-ring (bicyclic) bond motifs is 1. The summed E-state index contributed by atoms with van der Waals surface area (Å²) in [6, 6.07) is 5.61. The molecule has 3 aliphatic rings. The lowest BCUT2D eigenvalue weighted by Gasteiger charge is -2.26. The normalized spacial score (nSPS) is 25.2. The van der Waals surface area contributed by atoms with E-state index in [1.807, 2.05) is 30.4 Å². The van der Waals surface area contributed by atoms with E-state index >= 15 is 0 Å². The Morgan fingerprint density at radius 3 is 3.03 bits per heavy atom. The molecule has 0 aromatic heterocycles. The Balaban J connectivity index is 1.57. The molecule has 2 unspecified atom stereocenters. The van der Waals surface area contributed by atoms with Crippen LogP contribution in [0.15, 0.2) is 47.8 Å². The van der Waals surface area contributed by atoms with Gasteiger partial charge < -0.3 is 19.5 Å². The Morgan fingerprint density at radius 2 is 2.20 bits per heavy atom. The van der Waals surface area contributed by atoms with E-state index in [0.717, 1.165) is 60.7 Å². The molecule has 5 nitrogen and oxygen atoms in total. The van der Waals surface area contributed by atoms with Crippen LogP contribution in [0.4, 0.5) is 0 Å². The smallest absolute Gasteiger partial charge is 0.303 e. The van der Waals surface area contributed by atoms with E-state index in [1.54, 1.807) is 0 Å². The van der Waals surface area contributed by atoms with E-state index in [1.165, 1.54) is 0 Å². The lowest BCUT2D eigenvalue weighted by molar-refractivity contribution is -0.138. The van der Waals surface area contributed by atoms with Crippen LogP contribution in [0.2, 0.25) is 5.02 Å². The quantitative estimate of drug-likeness (QED) is 0.633. The molecule has 1 fully saturated rings. The highest BCUT2D eigenvalue weighted by atomic mass is 35.5. The minimum atomic E-state index is -0.715. The van der Waals surface area contributed by atoms with Gasteiger partial charge in [0.1, 0.15) is 11.5 Å². The van der Waals surface area contributed by atoms with Crippen molar-refractivity contribution in [2.24, 2.45) is 5.92 Å². The van der Waals surface area contributed by atoms with Crippen LogP contribution in [0, 0.1) is 5.92 Å². The minimum Gasteiger partial charge on any atom is -0.481 e. The van der Waals surface area contributed by atoms with Crippen LogP contribution in [0.5, 0.6) is 5.75 Å². The summed E-state index contributed by atoms with van der Waals surface area (Å²) in [5.74, 6) is 1.05. The molecule has 2 heterocycles. The molecule has 1 aromatic carbocycles. The van der Waals surface area contributed by atoms with E-state index in [2.05, 4.69) is 11.0 Å². The van der Waals surface area contributed by atoms with E-state index in [-0.39, 0.29) is 24.5 Å². The van der Waals surface area contributed by atoms with E-state index in [9.17, 15) is 4.79 Å². The Morgan fingerprint density at radius 1 is 1.33 bits per heavy atom. The highest BCUT2D eigenvalue weighted by Crippen LogP contribution is 2.41. The Kier molecular flexibility index (Phi) is 6.71. The highest BCUT2D eigenvalue weighted by Gasteiger charge is 2.26. The maximum absolute atomic E-state index is 11.0. The van der Waals surface area contributed by atoms with Gasteiger partial charge in [-0.1, -0.05) is 23.8 Å². The van der Waals surface area contributed by atoms with Crippen molar-refractivity contribution in [1.29, 1.82) is 0 Å². The summed E-state index contributed by atoms with van der Waals surface area (Å²) >= 11 is 12.7. The first-order valence-electron chi connectivity index (χ1n) is 10.2. The average Bonchev–Trinajstić information content (AvgIpc) is 3.13. The number of likely N-dealkylation sites (tertiary alicyclic amines) is 1. The number of nitrogens with zero attached hydrogens (tertiary/aromatic N) is 1. The first kappa shape index (κ1) is 21.3. The monoisotopic (exact) mass is 449 g/mol. The number of halogens is 2. The third-order valence-electron chi connectivity index (χ3n) is 5.77. The number of ether oxygens (including phenoxy) is 2. The van der Waals surface area contributed by atoms with Crippen molar-refractivity contribution < 1.29 is 19.4 Å². The van der Waals surface area contributed by atoms with Gasteiger partial charge in [-0.05, 0) is 61.6 Å². The number of benzene rings is 1. The summed E-state index contributed by atoms with van der Waals surface area (Å²) in [6.07, 6.45) is 8.75. The number of carboxylic acid groups (broad SMARTS) is 1. The van der Waals surface area contributed by atoms with Gasteiger partial charge in [-0.3, -0.25) is 4.79 Å². The standard InChI is InChI=1S/C23H25Cl2NO4/c24-16-3-5-21-19(11-16)18(20-12-17(25)4-6-22(20)30-14-29-21)2-1-8-26-9-7-15(13-26)10-23(27)28/h2-6,11,15,17H,1,7-10,12-14H2,(H,27,28). The summed E-state index contributed by atoms with van der Waals surface area (Å²) in [4.78, 5) is 13.3. The maximum Gasteiger partial charge on any atom is 0.303 e. The minimum absolute atomic E-state index is 0.0888. The van der Waals surface area contributed by atoms with Gasteiger partial charge >= 0.3 is 5.97 Å². The molecule has 7 heteroatoms. The van der Waals surface area contributed by atoms with Crippen molar-refractivity contribution in [2.45, 2.75) is 31.1 Å². The van der Waals surface area contributed by atoms with Gasteiger partial charge in [0.25, 0.3) is 0 Å². The molecule has 2 atom stereocenters. The third kappa shape index (κ3) is 5.02. The van der Waals surface area contributed by atoms with Gasteiger partial charge in [-0.15, -0.1) is 11.6 Å². The summed E-state index contributed by atoms with van der Waals surface area (Å²) in [5.41, 5.74) is 3.05. The molecular formula is C23H25Cl2NO4. The molecule has 30 heavy (non-hydrogen) atoms.